The zero-order valence-electron chi connectivity index (χ0n) is 8.74. The molecule has 2 heterocycles. The maximum absolute atomic E-state index is 5.95. The van der Waals surface area contributed by atoms with Gasteiger partial charge in [0.15, 0.2) is 0 Å². The summed E-state index contributed by atoms with van der Waals surface area (Å²) in [6.07, 6.45) is 3.39. The van der Waals surface area contributed by atoms with Crippen LogP contribution in [0.4, 0.5) is 11.4 Å². The fraction of sp³-hybridized carbons (Fsp3) is 0.0909. The van der Waals surface area contributed by atoms with Crippen molar-refractivity contribution in [2.75, 3.05) is 11.5 Å². The zero-order valence-corrected chi connectivity index (χ0v) is 10.3. The normalized spacial score (nSPS) is 10.4. The summed E-state index contributed by atoms with van der Waals surface area (Å²) in [5.41, 5.74) is 15.1. The van der Waals surface area contributed by atoms with Crippen LogP contribution in [0.15, 0.2) is 29.0 Å². The lowest BCUT2D eigenvalue weighted by molar-refractivity contribution is 1.20. The molecule has 4 N–H and O–H groups in total. The summed E-state index contributed by atoms with van der Waals surface area (Å²) in [4.78, 5) is 8.42. The van der Waals surface area contributed by atoms with Gasteiger partial charge in [-0.1, -0.05) is 15.9 Å². The maximum Gasteiger partial charge on any atom is 0.0771 e. The van der Waals surface area contributed by atoms with Crippen molar-refractivity contribution in [2.45, 2.75) is 6.92 Å². The molecule has 5 heteroatoms. The monoisotopic (exact) mass is 278 g/mol. The van der Waals surface area contributed by atoms with Crippen molar-refractivity contribution < 1.29 is 0 Å². The molecule has 0 spiro atoms. The van der Waals surface area contributed by atoms with Crippen LogP contribution < -0.4 is 11.5 Å². The van der Waals surface area contributed by atoms with Crippen LogP contribution in [0.3, 0.4) is 0 Å². The second-order valence-corrected chi connectivity index (χ2v) is 4.36. The molecule has 0 aromatic carbocycles. The first-order chi connectivity index (χ1) is 7.59. The standard InChI is InChI=1S/C11H11BrN4/c1-6-10(13)11(14)8(5-16-6)9-4-7(12)2-3-15-9/h2-5H,13H2,1H3,(H2,14,16). The average Bonchev–Trinajstić information content (AvgIpc) is 2.26. The molecule has 16 heavy (non-hydrogen) atoms. The van der Waals surface area contributed by atoms with E-state index in [1.54, 1.807) is 12.4 Å². The number of pyridine rings is 2. The van der Waals surface area contributed by atoms with Crippen LogP contribution in [-0.4, -0.2) is 9.97 Å². The predicted octanol–water partition coefficient (Wildman–Crippen LogP) is 2.38. The average molecular weight is 279 g/mol. The van der Waals surface area contributed by atoms with Crippen LogP contribution in [0.1, 0.15) is 5.69 Å². The van der Waals surface area contributed by atoms with Crippen molar-refractivity contribution in [1.82, 2.24) is 9.97 Å². The number of rotatable bonds is 1. The Morgan fingerprint density at radius 1 is 1.19 bits per heavy atom. The van der Waals surface area contributed by atoms with E-state index in [9.17, 15) is 0 Å². The van der Waals surface area contributed by atoms with Gasteiger partial charge in [0.05, 0.1) is 22.8 Å². The van der Waals surface area contributed by atoms with Gasteiger partial charge in [-0.05, 0) is 19.1 Å². The van der Waals surface area contributed by atoms with Crippen molar-refractivity contribution in [3.8, 4) is 11.3 Å². The molecule has 0 unspecified atom stereocenters. The first-order valence-electron chi connectivity index (χ1n) is 4.72. The topological polar surface area (TPSA) is 77.8 Å². The fourth-order valence-corrected chi connectivity index (χ4v) is 1.73. The highest BCUT2D eigenvalue weighted by molar-refractivity contribution is 9.10. The van der Waals surface area contributed by atoms with Crippen molar-refractivity contribution in [1.29, 1.82) is 0 Å². The molecule has 2 rings (SSSR count). The first-order valence-corrected chi connectivity index (χ1v) is 5.51. The third kappa shape index (κ3) is 1.86. The quantitative estimate of drug-likeness (QED) is 0.840. The number of hydrogen-bond donors (Lipinski definition) is 2. The van der Waals surface area contributed by atoms with Crippen LogP contribution in [0.5, 0.6) is 0 Å². The van der Waals surface area contributed by atoms with E-state index in [-0.39, 0.29) is 0 Å². The Kier molecular flexibility index (Phi) is 2.78. The highest BCUT2D eigenvalue weighted by Crippen LogP contribution is 2.30. The molecule has 0 fully saturated rings. The van der Waals surface area contributed by atoms with Crippen molar-refractivity contribution in [3.63, 3.8) is 0 Å². The minimum Gasteiger partial charge on any atom is -0.396 e. The molecular formula is C11H11BrN4. The Balaban J connectivity index is 2.61. The summed E-state index contributed by atoms with van der Waals surface area (Å²) in [6, 6.07) is 3.73. The second kappa shape index (κ2) is 4.09. The Morgan fingerprint density at radius 2 is 1.94 bits per heavy atom. The molecule has 0 aliphatic rings. The lowest BCUT2D eigenvalue weighted by atomic mass is 10.1. The van der Waals surface area contributed by atoms with E-state index in [1.807, 2.05) is 19.1 Å². The summed E-state index contributed by atoms with van der Waals surface area (Å²) >= 11 is 3.38. The molecule has 2 aromatic heterocycles. The molecule has 82 valence electrons. The van der Waals surface area contributed by atoms with Gasteiger partial charge in [0.2, 0.25) is 0 Å². The number of anilines is 2. The van der Waals surface area contributed by atoms with E-state index in [0.717, 1.165) is 21.4 Å². The predicted molar refractivity (Wildman–Crippen MR) is 68.7 cm³/mol. The summed E-state index contributed by atoms with van der Waals surface area (Å²) in [5.74, 6) is 0. The minimum absolute atomic E-state index is 0.513. The third-order valence-electron chi connectivity index (χ3n) is 2.36. The number of aromatic nitrogens is 2. The van der Waals surface area contributed by atoms with Crippen molar-refractivity contribution in [3.05, 3.63) is 34.7 Å². The highest BCUT2D eigenvalue weighted by Gasteiger charge is 2.09. The van der Waals surface area contributed by atoms with Gasteiger partial charge in [-0.2, -0.15) is 0 Å². The number of nitrogens with zero attached hydrogens (tertiary/aromatic N) is 2. The van der Waals surface area contributed by atoms with E-state index in [4.69, 9.17) is 11.5 Å². The van der Waals surface area contributed by atoms with Gasteiger partial charge in [-0.25, -0.2) is 0 Å². The molecule has 0 atom stereocenters. The molecule has 0 aliphatic heterocycles. The molecule has 0 bridgehead atoms. The van der Waals surface area contributed by atoms with Gasteiger partial charge in [0, 0.05) is 22.4 Å². The lowest BCUT2D eigenvalue weighted by Crippen LogP contribution is -2.02. The molecule has 0 radical (unpaired) electrons. The number of halogens is 1. The number of aryl methyl sites for hydroxylation is 1. The Morgan fingerprint density at radius 3 is 2.62 bits per heavy atom. The second-order valence-electron chi connectivity index (χ2n) is 3.44. The van der Waals surface area contributed by atoms with Gasteiger partial charge in [0.1, 0.15) is 0 Å². The molecule has 4 nitrogen and oxygen atoms in total. The molecule has 0 amide bonds. The molecule has 0 saturated heterocycles. The number of hydrogen-bond acceptors (Lipinski definition) is 4. The van der Waals surface area contributed by atoms with Gasteiger partial charge in [-0.15, -0.1) is 0 Å². The minimum atomic E-state index is 0.513. The van der Waals surface area contributed by atoms with E-state index >= 15 is 0 Å². The molecule has 0 saturated carbocycles. The van der Waals surface area contributed by atoms with Crippen molar-refractivity contribution >= 4 is 27.3 Å². The summed E-state index contributed by atoms with van der Waals surface area (Å²) < 4.78 is 0.941. The Hall–Kier alpha value is -1.62. The summed E-state index contributed by atoms with van der Waals surface area (Å²) in [6.45, 7) is 1.82. The Labute approximate surface area is 102 Å². The van der Waals surface area contributed by atoms with Crippen LogP contribution in [-0.2, 0) is 0 Å². The van der Waals surface area contributed by atoms with Crippen LogP contribution in [0.25, 0.3) is 11.3 Å². The molecule has 0 aliphatic carbocycles. The largest absolute Gasteiger partial charge is 0.396 e. The van der Waals surface area contributed by atoms with E-state index in [1.165, 1.54) is 0 Å². The number of nitrogens with two attached hydrogens (primary N) is 2. The SMILES string of the molecule is Cc1ncc(-c2cc(Br)ccn2)c(N)c1N. The van der Waals surface area contributed by atoms with Crippen LogP contribution in [0, 0.1) is 6.92 Å². The highest BCUT2D eigenvalue weighted by atomic mass is 79.9. The van der Waals surface area contributed by atoms with Crippen LogP contribution >= 0.6 is 15.9 Å². The van der Waals surface area contributed by atoms with Gasteiger partial charge in [-0.3, -0.25) is 9.97 Å². The van der Waals surface area contributed by atoms with E-state index < -0.39 is 0 Å². The summed E-state index contributed by atoms with van der Waals surface area (Å²) in [5, 5.41) is 0. The smallest absolute Gasteiger partial charge is 0.0771 e. The van der Waals surface area contributed by atoms with Gasteiger partial charge >= 0.3 is 0 Å². The molecular weight excluding hydrogens is 268 g/mol. The molecule has 2 aromatic rings. The number of nitrogen functional groups attached to an aromatic ring is 2. The van der Waals surface area contributed by atoms with Crippen molar-refractivity contribution in [2.24, 2.45) is 0 Å². The van der Waals surface area contributed by atoms with Crippen LogP contribution in [0.2, 0.25) is 0 Å². The fourth-order valence-electron chi connectivity index (χ4n) is 1.40. The van der Waals surface area contributed by atoms with E-state index in [0.29, 0.717) is 11.4 Å². The van der Waals surface area contributed by atoms with Gasteiger partial charge in [0.25, 0.3) is 0 Å². The Bertz CT molecular complexity index is 540. The first kappa shape index (κ1) is 10.9. The summed E-state index contributed by atoms with van der Waals surface area (Å²) in [7, 11) is 0. The van der Waals surface area contributed by atoms with Gasteiger partial charge < -0.3 is 11.5 Å². The maximum atomic E-state index is 5.95. The lowest BCUT2D eigenvalue weighted by Gasteiger charge is -2.09. The third-order valence-corrected chi connectivity index (χ3v) is 2.85. The van der Waals surface area contributed by atoms with E-state index in [2.05, 4.69) is 25.9 Å². The zero-order chi connectivity index (χ0) is 11.7.